The van der Waals surface area contributed by atoms with Crippen LogP contribution >= 0.6 is 0 Å². The Bertz CT molecular complexity index is 442. The first kappa shape index (κ1) is 14.9. The van der Waals surface area contributed by atoms with Gasteiger partial charge in [0, 0.05) is 26.7 Å². The Hall–Kier alpha value is -1.46. The van der Waals surface area contributed by atoms with Gasteiger partial charge in [-0.1, -0.05) is 12.1 Å². The van der Waals surface area contributed by atoms with E-state index >= 15 is 0 Å². The maximum Gasteiger partial charge on any atom is 0.236 e. The van der Waals surface area contributed by atoms with E-state index in [-0.39, 0.29) is 17.8 Å². The second-order valence-electron chi connectivity index (χ2n) is 5.38. The van der Waals surface area contributed by atoms with Gasteiger partial charge in [-0.05, 0) is 30.5 Å². The summed E-state index contributed by atoms with van der Waals surface area (Å²) in [5.41, 5.74) is 0.913. The summed E-state index contributed by atoms with van der Waals surface area (Å²) in [4.78, 5) is 15.8. The van der Waals surface area contributed by atoms with Crippen LogP contribution in [0.3, 0.4) is 0 Å². The van der Waals surface area contributed by atoms with Crippen LogP contribution in [0.15, 0.2) is 24.3 Å². The number of halogens is 1. The molecule has 0 spiro atoms. The standard InChI is InChI=1S/C15H21FN2O2/c1-17(10-12-2-4-13(16)5-3-12)15(20)11-18-8-6-14(19)7-9-18/h2-5,14,19H,6-11H2,1H3. The molecule has 5 heteroatoms. The smallest absolute Gasteiger partial charge is 0.236 e. The highest BCUT2D eigenvalue weighted by Crippen LogP contribution is 2.11. The van der Waals surface area contributed by atoms with Crippen molar-refractivity contribution in [3.63, 3.8) is 0 Å². The van der Waals surface area contributed by atoms with Gasteiger partial charge < -0.3 is 10.0 Å². The third-order valence-electron chi connectivity index (χ3n) is 3.67. The number of carbonyl (C=O) groups is 1. The van der Waals surface area contributed by atoms with Crippen LogP contribution in [0, 0.1) is 5.82 Å². The van der Waals surface area contributed by atoms with Crippen molar-refractivity contribution >= 4 is 5.91 Å². The van der Waals surface area contributed by atoms with E-state index in [9.17, 15) is 14.3 Å². The minimum absolute atomic E-state index is 0.0470. The predicted molar refractivity (Wildman–Crippen MR) is 74.6 cm³/mol. The van der Waals surface area contributed by atoms with Crippen LogP contribution in [0.25, 0.3) is 0 Å². The molecule has 1 aromatic rings. The van der Waals surface area contributed by atoms with Crippen LogP contribution in [-0.4, -0.2) is 53.6 Å². The number of benzene rings is 1. The van der Waals surface area contributed by atoms with Gasteiger partial charge in [0.25, 0.3) is 0 Å². The van der Waals surface area contributed by atoms with Crippen LogP contribution in [0.1, 0.15) is 18.4 Å². The van der Waals surface area contributed by atoms with Crippen molar-refractivity contribution in [2.24, 2.45) is 0 Å². The fraction of sp³-hybridized carbons (Fsp3) is 0.533. The molecule has 0 atom stereocenters. The number of rotatable bonds is 4. The maximum absolute atomic E-state index is 12.8. The van der Waals surface area contributed by atoms with Gasteiger partial charge in [0.15, 0.2) is 0 Å². The Kier molecular flexibility index (Phi) is 5.09. The van der Waals surface area contributed by atoms with E-state index in [4.69, 9.17) is 0 Å². The monoisotopic (exact) mass is 280 g/mol. The second-order valence-corrected chi connectivity index (χ2v) is 5.38. The molecule has 4 nitrogen and oxygen atoms in total. The first-order valence-corrected chi connectivity index (χ1v) is 6.93. The molecule has 0 aliphatic carbocycles. The summed E-state index contributed by atoms with van der Waals surface area (Å²) in [6.45, 7) is 2.38. The van der Waals surface area contributed by atoms with E-state index in [1.165, 1.54) is 12.1 Å². The van der Waals surface area contributed by atoms with Gasteiger partial charge in [-0.15, -0.1) is 0 Å². The van der Waals surface area contributed by atoms with Crippen LogP contribution in [0.5, 0.6) is 0 Å². The Morgan fingerprint density at radius 2 is 1.95 bits per heavy atom. The van der Waals surface area contributed by atoms with Crippen molar-refractivity contribution < 1.29 is 14.3 Å². The number of aliphatic hydroxyl groups excluding tert-OH is 1. The van der Waals surface area contributed by atoms with Crippen molar-refractivity contribution in [2.45, 2.75) is 25.5 Å². The molecular formula is C15H21FN2O2. The molecule has 110 valence electrons. The fourth-order valence-corrected chi connectivity index (χ4v) is 2.34. The molecule has 0 aromatic heterocycles. The number of carbonyl (C=O) groups excluding carboxylic acids is 1. The summed E-state index contributed by atoms with van der Waals surface area (Å²) in [6, 6.07) is 6.19. The van der Waals surface area contributed by atoms with Gasteiger partial charge in [-0.2, -0.15) is 0 Å². The van der Waals surface area contributed by atoms with Gasteiger partial charge in [0.2, 0.25) is 5.91 Å². The lowest BCUT2D eigenvalue weighted by molar-refractivity contribution is -0.132. The Balaban J connectivity index is 1.81. The van der Waals surface area contributed by atoms with Gasteiger partial charge in [0.1, 0.15) is 5.82 Å². The number of hydrogen-bond acceptors (Lipinski definition) is 3. The van der Waals surface area contributed by atoms with E-state index in [0.717, 1.165) is 31.5 Å². The topological polar surface area (TPSA) is 43.8 Å². The molecule has 1 amide bonds. The first-order valence-electron chi connectivity index (χ1n) is 6.93. The van der Waals surface area contributed by atoms with Gasteiger partial charge in [-0.25, -0.2) is 4.39 Å². The predicted octanol–water partition coefficient (Wildman–Crippen LogP) is 1.24. The minimum Gasteiger partial charge on any atom is -0.393 e. The van der Waals surface area contributed by atoms with Crippen molar-refractivity contribution in [1.29, 1.82) is 0 Å². The number of piperidine rings is 1. The van der Waals surface area contributed by atoms with Gasteiger partial charge in [0.05, 0.1) is 12.6 Å². The zero-order valence-electron chi connectivity index (χ0n) is 11.8. The maximum atomic E-state index is 12.8. The highest BCUT2D eigenvalue weighted by molar-refractivity contribution is 5.78. The zero-order valence-corrected chi connectivity index (χ0v) is 11.8. The lowest BCUT2D eigenvalue weighted by Crippen LogP contribution is -2.43. The molecule has 20 heavy (non-hydrogen) atoms. The second kappa shape index (κ2) is 6.81. The summed E-state index contributed by atoms with van der Waals surface area (Å²) in [7, 11) is 1.75. The number of likely N-dealkylation sites (N-methyl/N-ethyl adjacent to an activating group) is 1. The Morgan fingerprint density at radius 3 is 2.55 bits per heavy atom. The van der Waals surface area contributed by atoms with E-state index in [0.29, 0.717) is 13.1 Å². The SMILES string of the molecule is CN(Cc1ccc(F)cc1)C(=O)CN1CCC(O)CC1. The molecule has 0 saturated carbocycles. The zero-order chi connectivity index (χ0) is 14.5. The van der Waals surface area contributed by atoms with Crippen LogP contribution in [-0.2, 0) is 11.3 Å². The Labute approximate surface area is 118 Å². The molecule has 0 bridgehead atoms. The first-order chi connectivity index (χ1) is 9.54. The number of nitrogens with zero attached hydrogens (tertiary/aromatic N) is 2. The minimum atomic E-state index is -0.269. The van der Waals surface area contributed by atoms with Crippen molar-refractivity contribution in [1.82, 2.24) is 9.80 Å². The molecule has 1 N–H and O–H groups in total. The van der Waals surface area contributed by atoms with Crippen molar-refractivity contribution in [3.8, 4) is 0 Å². The summed E-state index contributed by atoms with van der Waals surface area (Å²) >= 11 is 0. The molecule has 2 rings (SSSR count). The summed E-state index contributed by atoms with van der Waals surface area (Å²) in [6.07, 6.45) is 1.24. The molecule has 1 saturated heterocycles. The van der Waals surface area contributed by atoms with E-state index in [2.05, 4.69) is 4.90 Å². The molecule has 0 radical (unpaired) electrons. The summed E-state index contributed by atoms with van der Waals surface area (Å²) in [5.74, 6) is -0.222. The van der Waals surface area contributed by atoms with Gasteiger partial charge in [-0.3, -0.25) is 9.69 Å². The molecule has 0 unspecified atom stereocenters. The number of aliphatic hydroxyl groups is 1. The van der Waals surface area contributed by atoms with E-state index < -0.39 is 0 Å². The normalized spacial score (nSPS) is 17.1. The lowest BCUT2D eigenvalue weighted by Gasteiger charge is -2.30. The fourth-order valence-electron chi connectivity index (χ4n) is 2.34. The van der Waals surface area contributed by atoms with Crippen LogP contribution < -0.4 is 0 Å². The highest BCUT2D eigenvalue weighted by atomic mass is 19.1. The van der Waals surface area contributed by atoms with E-state index in [1.807, 2.05) is 0 Å². The number of likely N-dealkylation sites (tertiary alicyclic amines) is 1. The van der Waals surface area contributed by atoms with Crippen LogP contribution in [0.4, 0.5) is 4.39 Å². The third kappa shape index (κ3) is 4.28. The molecule has 1 heterocycles. The molecular weight excluding hydrogens is 259 g/mol. The molecule has 1 aliphatic rings. The number of hydrogen-bond donors (Lipinski definition) is 1. The summed E-state index contributed by atoms with van der Waals surface area (Å²) < 4.78 is 12.8. The lowest BCUT2D eigenvalue weighted by atomic mass is 10.1. The van der Waals surface area contributed by atoms with Gasteiger partial charge >= 0.3 is 0 Å². The highest BCUT2D eigenvalue weighted by Gasteiger charge is 2.20. The average Bonchev–Trinajstić information content (AvgIpc) is 2.44. The van der Waals surface area contributed by atoms with E-state index in [1.54, 1.807) is 24.1 Å². The quantitative estimate of drug-likeness (QED) is 0.902. The average molecular weight is 280 g/mol. The Morgan fingerprint density at radius 1 is 1.35 bits per heavy atom. The van der Waals surface area contributed by atoms with Crippen molar-refractivity contribution in [3.05, 3.63) is 35.6 Å². The summed E-state index contributed by atoms with van der Waals surface area (Å²) in [5, 5.41) is 9.43. The van der Waals surface area contributed by atoms with Crippen molar-refractivity contribution in [2.75, 3.05) is 26.7 Å². The molecule has 1 fully saturated rings. The number of amides is 1. The molecule has 1 aliphatic heterocycles. The largest absolute Gasteiger partial charge is 0.393 e. The third-order valence-corrected chi connectivity index (χ3v) is 3.67. The van der Waals surface area contributed by atoms with Crippen LogP contribution in [0.2, 0.25) is 0 Å². The molecule has 1 aromatic carbocycles.